The van der Waals surface area contributed by atoms with Gasteiger partial charge >= 0.3 is 12.0 Å². The van der Waals surface area contributed by atoms with Gasteiger partial charge in [0.2, 0.25) is 5.95 Å². The van der Waals surface area contributed by atoms with Crippen LogP contribution in [0.25, 0.3) is 0 Å². The van der Waals surface area contributed by atoms with Crippen LogP contribution in [0.4, 0.5) is 5.95 Å². The number of hydrogen-bond donors (Lipinski definition) is 1. The first-order valence-corrected chi connectivity index (χ1v) is 6.69. The van der Waals surface area contributed by atoms with Crippen molar-refractivity contribution < 1.29 is 14.2 Å². The molecule has 0 saturated carbocycles. The molecule has 0 unspecified atom stereocenters. The van der Waals surface area contributed by atoms with Gasteiger partial charge in [0, 0.05) is 6.54 Å². The summed E-state index contributed by atoms with van der Waals surface area (Å²) < 4.78 is 16.1. The van der Waals surface area contributed by atoms with Gasteiger partial charge in [0.25, 0.3) is 0 Å². The Balaban J connectivity index is 2.05. The van der Waals surface area contributed by atoms with Crippen LogP contribution in [-0.4, -0.2) is 47.4 Å². The minimum absolute atomic E-state index is 0.0282. The van der Waals surface area contributed by atoms with Crippen molar-refractivity contribution >= 4 is 5.95 Å². The number of rotatable bonds is 8. The normalized spacial score (nSPS) is 14.8. The Kier molecular flexibility index (Phi) is 5.14. The summed E-state index contributed by atoms with van der Waals surface area (Å²) in [6.07, 6.45) is 1.92. The highest BCUT2D eigenvalue weighted by Gasteiger charge is 2.22. The second kappa shape index (κ2) is 7.08. The van der Waals surface area contributed by atoms with Gasteiger partial charge in [-0.3, -0.25) is 0 Å². The molecule has 19 heavy (non-hydrogen) atoms. The summed E-state index contributed by atoms with van der Waals surface area (Å²) in [5.74, 6) is 0.484. The van der Waals surface area contributed by atoms with E-state index in [-0.39, 0.29) is 12.1 Å². The van der Waals surface area contributed by atoms with Crippen molar-refractivity contribution in [2.24, 2.45) is 0 Å². The third kappa shape index (κ3) is 4.20. The number of nitrogens with zero attached hydrogens (tertiary/aromatic N) is 3. The number of hydrogen-bond acceptors (Lipinski definition) is 7. The van der Waals surface area contributed by atoms with Crippen LogP contribution in [0.15, 0.2) is 0 Å². The summed E-state index contributed by atoms with van der Waals surface area (Å²) in [7, 11) is 0. The first-order valence-electron chi connectivity index (χ1n) is 6.69. The molecule has 0 aromatic carbocycles. The van der Waals surface area contributed by atoms with Gasteiger partial charge in [0.05, 0.1) is 19.8 Å². The fourth-order valence-corrected chi connectivity index (χ4v) is 1.40. The molecule has 0 bridgehead atoms. The number of aromatic nitrogens is 3. The van der Waals surface area contributed by atoms with Gasteiger partial charge in [-0.05, 0) is 12.8 Å². The molecule has 1 aliphatic rings. The van der Waals surface area contributed by atoms with Crippen LogP contribution in [0.2, 0.25) is 0 Å². The van der Waals surface area contributed by atoms with Gasteiger partial charge in [0.15, 0.2) is 0 Å². The van der Waals surface area contributed by atoms with E-state index in [0.29, 0.717) is 31.8 Å². The Morgan fingerprint density at radius 1 is 1.16 bits per heavy atom. The largest absolute Gasteiger partial charge is 0.463 e. The highest BCUT2D eigenvalue weighted by Crippen LogP contribution is 2.16. The molecule has 7 heteroatoms. The minimum Gasteiger partial charge on any atom is -0.463 e. The van der Waals surface area contributed by atoms with Crippen LogP contribution >= 0.6 is 0 Å². The molecular weight excluding hydrogens is 248 g/mol. The van der Waals surface area contributed by atoms with Crippen molar-refractivity contribution in [3.8, 4) is 12.0 Å². The number of anilines is 1. The van der Waals surface area contributed by atoms with Gasteiger partial charge in [-0.1, -0.05) is 13.8 Å². The zero-order chi connectivity index (χ0) is 13.5. The Bertz CT molecular complexity index is 372. The number of nitrogens with one attached hydrogen (secondary N) is 1. The van der Waals surface area contributed by atoms with Crippen LogP contribution < -0.4 is 14.8 Å². The number of ether oxygens (including phenoxy) is 3. The lowest BCUT2D eigenvalue weighted by Gasteiger charge is -2.25. The lowest BCUT2D eigenvalue weighted by Crippen LogP contribution is -2.39. The molecule has 0 aliphatic carbocycles. The second-order valence-electron chi connectivity index (χ2n) is 4.28. The van der Waals surface area contributed by atoms with E-state index in [0.717, 1.165) is 19.4 Å². The standard InChI is InChI=1S/C12H20N4O3/c1-3-5-13-10-14-11(18-6-4-2)16-12(15-10)19-9-7-17-8-9/h9H,3-8H2,1-2H3,(H,13,14,15,16). The second-order valence-corrected chi connectivity index (χ2v) is 4.28. The summed E-state index contributed by atoms with van der Waals surface area (Å²) in [5, 5.41) is 3.11. The fourth-order valence-electron chi connectivity index (χ4n) is 1.40. The molecule has 1 fully saturated rings. The van der Waals surface area contributed by atoms with Gasteiger partial charge in [-0.25, -0.2) is 0 Å². The maximum Gasteiger partial charge on any atom is 0.324 e. The Morgan fingerprint density at radius 2 is 1.95 bits per heavy atom. The average Bonchev–Trinajstić information content (AvgIpc) is 2.38. The van der Waals surface area contributed by atoms with Crippen LogP contribution in [0.3, 0.4) is 0 Å². The molecular formula is C12H20N4O3. The smallest absolute Gasteiger partial charge is 0.324 e. The van der Waals surface area contributed by atoms with Crippen molar-refractivity contribution in [2.45, 2.75) is 32.8 Å². The third-order valence-corrected chi connectivity index (χ3v) is 2.44. The van der Waals surface area contributed by atoms with E-state index in [1.165, 1.54) is 0 Å². The highest BCUT2D eigenvalue weighted by atomic mass is 16.6. The zero-order valence-corrected chi connectivity index (χ0v) is 11.4. The predicted octanol–water partition coefficient (Wildman–Crippen LogP) is 1.26. The van der Waals surface area contributed by atoms with Gasteiger partial charge < -0.3 is 19.5 Å². The van der Waals surface area contributed by atoms with Gasteiger partial charge in [-0.15, -0.1) is 4.98 Å². The molecule has 0 atom stereocenters. The highest BCUT2D eigenvalue weighted by molar-refractivity contribution is 5.27. The maximum absolute atomic E-state index is 5.58. The molecule has 1 N–H and O–H groups in total. The first kappa shape index (κ1) is 13.8. The molecule has 7 nitrogen and oxygen atoms in total. The molecule has 2 heterocycles. The summed E-state index contributed by atoms with van der Waals surface area (Å²) in [6, 6.07) is 0.582. The van der Waals surface area contributed by atoms with E-state index in [1.54, 1.807) is 0 Å². The van der Waals surface area contributed by atoms with Crippen molar-refractivity contribution in [1.29, 1.82) is 0 Å². The Hall–Kier alpha value is -1.63. The molecule has 1 aromatic heterocycles. The Morgan fingerprint density at radius 3 is 2.58 bits per heavy atom. The maximum atomic E-state index is 5.58. The SMILES string of the molecule is CCCNc1nc(OCCC)nc(OC2COC2)n1. The van der Waals surface area contributed by atoms with Crippen LogP contribution in [0, 0.1) is 0 Å². The van der Waals surface area contributed by atoms with Crippen molar-refractivity contribution in [3.63, 3.8) is 0 Å². The van der Waals surface area contributed by atoms with Crippen LogP contribution in [-0.2, 0) is 4.74 Å². The summed E-state index contributed by atoms with van der Waals surface area (Å²) >= 11 is 0. The predicted molar refractivity (Wildman–Crippen MR) is 69.6 cm³/mol. The quantitative estimate of drug-likeness (QED) is 0.760. The molecule has 1 aliphatic heterocycles. The zero-order valence-electron chi connectivity index (χ0n) is 11.4. The van der Waals surface area contributed by atoms with E-state index in [1.807, 2.05) is 6.92 Å². The third-order valence-electron chi connectivity index (χ3n) is 2.44. The molecule has 0 radical (unpaired) electrons. The molecule has 0 amide bonds. The fraction of sp³-hybridized carbons (Fsp3) is 0.750. The topological polar surface area (TPSA) is 78.4 Å². The lowest BCUT2D eigenvalue weighted by molar-refractivity contribution is -0.0833. The van der Waals surface area contributed by atoms with E-state index in [9.17, 15) is 0 Å². The monoisotopic (exact) mass is 268 g/mol. The molecule has 106 valence electrons. The molecule has 2 rings (SSSR count). The van der Waals surface area contributed by atoms with E-state index >= 15 is 0 Å². The molecule has 1 saturated heterocycles. The van der Waals surface area contributed by atoms with E-state index < -0.39 is 0 Å². The summed E-state index contributed by atoms with van der Waals surface area (Å²) in [6.45, 7) is 6.63. The van der Waals surface area contributed by atoms with Gasteiger partial charge in [-0.2, -0.15) is 9.97 Å². The summed E-state index contributed by atoms with van der Waals surface area (Å²) in [4.78, 5) is 12.5. The van der Waals surface area contributed by atoms with Crippen molar-refractivity contribution in [1.82, 2.24) is 15.0 Å². The molecule has 0 spiro atoms. The minimum atomic E-state index is 0.0282. The van der Waals surface area contributed by atoms with E-state index in [2.05, 4.69) is 27.2 Å². The van der Waals surface area contributed by atoms with Crippen molar-refractivity contribution in [2.75, 3.05) is 31.7 Å². The van der Waals surface area contributed by atoms with Crippen LogP contribution in [0.1, 0.15) is 26.7 Å². The van der Waals surface area contributed by atoms with E-state index in [4.69, 9.17) is 14.2 Å². The van der Waals surface area contributed by atoms with Crippen LogP contribution in [0.5, 0.6) is 12.0 Å². The lowest BCUT2D eigenvalue weighted by atomic mass is 10.3. The Labute approximate surface area is 112 Å². The average molecular weight is 268 g/mol. The summed E-state index contributed by atoms with van der Waals surface area (Å²) in [5.41, 5.74) is 0. The molecule has 1 aromatic rings. The van der Waals surface area contributed by atoms with Crippen molar-refractivity contribution in [3.05, 3.63) is 0 Å². The first-order chi connectivity index (χ1) is 9.31. The van der Waals surface area contributed by atoms with Gasteiger partial charge in [0.1, 0.15) is 6.10 Å².